The molecule has 2 amide bonds. The van der Waals surface area contributed by atoms with E-state index in [-0.39, 0.29) is 33.4 Å². The van der Waals surface area contributed by atoms with Gasteiger partial charge < -0.3 is 21.1 Å². The Balaban J connectivity index is 2.42. The number of aromatic nitrogens is 1. The van der Waals surface area contributed by atoms with E-state index in [1.807, 2.05) is 0 Å². The van der Waals surface area contributed by atoms with E-state index in [0.717, 1.165) is 11.3 Å². The number of benzene rings is 1. The van der Waals surface area contributed by atoms with Crippen LogP contribution in [0.1, 0.15) is 20.8 Å². The van der Waals surface area contributed by atoms with E-state index in [1.54, 1.807) is 43.3 Å². The van der Waals surface area contributed by atoms with Crippen LogP contribution in [-0.2, 0) is 16.1 Å². The summed E-state index contributed by atoms with van der Waals surface area (Å²) in [6.45, 7) is 4.45. The number of carbonyl (C=O) groups is 2. The molecule has 0 unspecified atom stereocenters. The molecule has 0 radical (unpaired) electrons. The molecule has 0 atom stereocenters. The zero-order valence-electron chi connectivity index (χ0n) is 17.7. The lowest BCUT2D eigenvalue weighted by Gasteiger charge is -2.16. The lowest BCUT2D eigenvalue weighted by atomic mass is 10.1. The van der Waals surface area contributed by atoms with Gasteiger partial charge in [0, 0.05) is 24.1 Å². The number of nitriles is 2. The maximum absolute atomic E-state index is 12.7. The van der Waals surface area contributed by atoms with E-state index < -0.39 is 17.4 Å². The highest BCUT2D eigenvalue weighted by molar-refractivity contribution is 7.07. The molecule has 1 aromatic heterocycles. The van der Waals surface area contributed by atoms with Crippen LogP contribution in [0.15, 0.2) is 29.1 Å². The largest absolute Gasteiger partial charge is 0.381 e. The third-order valence-electron chi connectivity index (χ3n) is 4.15. The van der Waals surface area contributed by atoms with E-state index in [0.29, 0.717) is 11.4 Å². The number of nitrogens with one attached hydrogen (secondary N) is 3. The SMILES string of the molecule is CCn1c(=C(C#N)C(=O)NCC#N)sc(=CNc2cccc(NC(=O)C(C)(C)O)c2)c1=O. The van der Waals surface area contributed by atoms with Crippen LogP contribution in [0.3, 0.4) is 0 Å². The number of hydrogen-bond acceptors (Lipinski definition) is 8. The minimum Gasteiger partial charge on any atom is -0.381 e. The van der Waals surface area contributed by atoms with Crippen LogP contribution in [0.2, 0.25) is 0 Å². The highest BCUT2D eigenvalue weighted by atomic mass is 32.1. The third kappa shape index (κ3) is 5.82. The number of rotatable bonds is 7. The van der Waals surface area contributed by atoms with Gasteiger partial charge in [0.2, 0.25) is 0 Å². The maximum atomic E-state index is 12.7. The van der Waals surface area contributed by atoms with Gasteiger partial charge in [-0.05, 0) is 39.0 Å². The van der Waals surface area contributed by atoms with Crippen molar-refractivity contribution in [2.24, 2.45) is 0 Å². The van der Waals surface area contributed by atoms with Crippen molar-refractivity contribution < 1.29 is 14.7 Å². The van der Waals surface area contributed by atoms with Gasteiger partial charge >= 0.3 is 0 Å². The fourth-order valence-corrected chi connectivity index (χ4v) is 3.60. The molecular weight excluding hydrogens is 432 g/mol. The molecule has 0 fully saturated rings. The second-order valence-electron chi connectivity index (χ2n) is 7.03. The average molecular weight is 455 g/mol. The summed E-state index contributed by atoms with van der Waals surface area (Å²) in [6, 6.07) is 10.2. The molecule has 0 aliphatic carbocycles. The standard InChI is InChI=1S/C21H22N6O4S/c1-4-27-18(29)16(32-19(27)15(11-23)17(28)24-9-8-22)12-25-13-6-5-7-14(10-13)26-20(30)21(2,3)31/h5-7,10,12,25,31H,4,9H2,1-3H3,(H,24,28)(H,26,30). The van der Waals surface area contributed by atoms with Crippen LogP contribution in [0, 0.1) is 22.7 Å². The summed E-state index contributed by atoms with van der Waals surface area (Å²) in [4.78, 5) is 36.9. The van der Waals surface area contributed by atoms with E-state index in [4.69, 9.17) is 5.26 Å². The monoisotopic (exact) mass is 454 g/mol. The number of aliphatic hydroxyl groups is 1. The first kappa shape index (κ1) is 24.3. The maximum Gasteiger partial charge on any atom is 0.270 e. The molecule has 1 aromatic carbocycles. The summed E-state index contributed by atoms with van der Waals surface area (Å²) in [5.74, 6) is -1.30. The van der Waals surface area contributed by atoms with Crippen molar-refractivity contribution >= 4 is 46.3 Å². The smallest absolute Gasteiger partial charge is 0.270 e. The number of anilines is 2. The fourth-order valence-electron chi connectivity index (χ4n) is 2.52. The third-order valence-corrected chi connectivity index (χ3v) is 5.28. The van der Waals surface area contributed by atoms with Crippen molar-refractivity contribution in [1.82, 2.24) is 9.88 Å². The van der Waals surface area contributed by atoms with Crippen molar-refractivity contribution in [2.45, 2.75) is 32.9 Å². The first-order chi connectivity index (χ1) is 15.1. The van der Waals surface area contributed by atoms with Crippen LogP contribution >= 0.6 is 11.3 Å². The quantitative estimate of drug-likeness (QED) is 0.422. The zero-order chi connectivity index (χ0) is 23.9. The molecule has 11 heteroatoms. The Kier molecular flexibility index (Phi) is 7.91. The van der Waals surface area contributed by atoms with Gasteiger partial charge in [-0.3, -0.25) is 19.0 Å². The summed E-state index contributed by atoms with van der Waals surface area (Å²) in [5.41, 5.74) is -1.16. The van der Waals surface area contributed by atoms with Gasteiger partial charge in [0.05, 0.1) is 6.07 Å². The number of amides is 2. The minimum atomic E-state index is -1.54. The van der Waals surface area contributed by atoms with Gasteiger partial charge in [0.25, 0.3) is 17.4 Å². The first-order valence-electron chi connectivity index (χ1n) is 9.52. The van der Waals surface area contributed by atoms with Gasteiger partial charge in [0.1, 0.15) is 27.4 Å². The molecule has 32 heavy (non-hydrogen) atoms. The van der Waals surface area contributed by atoms with Crippen molar-refractivity contribution in [3.8, 4) is 12.1 Å². The van der Waals surface area contributed by atoms with Crippen LogP contribution in [0.5, 0.6) is 0 Å². The van der Waals surface area contributed by atoms with Gasteiger partial charge in [-0.15, -0.1) is 11.3 Å². The molecule has 2 aromatic rings. The molecule has 2 rings (SSSR count). The average Bonchev–Trinajstić information content (AvgIpc) is 3.05. The Hall–Kier alpha value is -3.93. The molecule has 0 aliphatic heterocycles. The highest BCUT2D eigenvalue weighted by Gasteiger charge is 2.23. The Morgan fingerprint density at radius 1 is 1.28 bits per heavy atom. The number of hydrogen-bond donors (Lipinski definition) is 4. The lowest BCUT2D eigenvalue weighted by Crippen LogP contribution is -2.36. The van der Waals surface area contributed by atoms with Gasteiger partial charge in [-0.25, -0.2) is 0 Å². The summed E-state index contributed by atoms with van der Waals surface area (Å²) < 4.78 is 1.76. The Bertz CT molecular complexity index is 1290. The molecule has 166 valence electrons. The molecular formula is C21H22N6O4S. The Labute approximate surface area is 187 Å². The molecule has 0 spiro atoms. The molecule has 0 saturated heterocycles. The predicted octanol–water partition coefficient (Wildman–Crippen LogP) is -0.197. The zero-order valence-corrected chi connectivity index (χ0v) is 18.5. The van der Waals surface area contributed by atoms with E-state index in [9.17, 15) is 24.8 Å². The lowest BCUT2D eigenvalue weighted by molar-refractivity contribution is -0.130. The predicted molar refractivity (Wildman–Crippen MR) is 121 cm³/mol. The van der Waals surface area contributed by atoms with Crippen molar-refractivity contribution in [3.05, 3.63) is 43.8 Å². The van der Waals surface area contributed by atoms with Crippen LogP contribution < -0.4 is 30.7 Å². The first-order valence-corrected chi connectivity index (χ1v) is 10.3. The molecule has 0 aliphatic rings. The van der Waals surface area contributed by atoms with Gasteiger partial charge in [0.15, 0.2) is 5.57 Å². The second-order valence-corrected chi connectivity index (χ2v) is 8.06. The Morgan fingerprint density at radius 3 is 2.56 bits per heavy atom. The van der Waals surface area contributed by atoms with Crippen molar-refractivity contribution in [3.63, 3.8) is 0 Å². The Morgan fingerprint density at radius 2 is 1.97 bits per heavy atom. The van der Waals surface area contributed by atoms with Crippen LogP contribution in [0.25, 0.3) is 11.8 Å². The summed E-state index contributed by atoms with van der Waals surface area (Å²) in [6.07, 6.45) is 1.45. The normalized spacial score (nSPS) is 12.4. The van der Waals surface area contributed by atoms with E-state index in [2.05, 4.69) is 16.0 Å². The molecule has 1 heterocycles. The summed E-state index contributed by atoms with van der Waals surface area (Å²) >= 11 is 0.969. The second kappa shape index (κ2) is 10.4. The number of nitrogens with zero attached hydrogens (tertiary/aromatic N) is 3. The van der Waals surface area contributed by atoms with Gasteiger partial charge in [-0.2, -0.15) is 10.5 Å². The highest BCUT2D eigenvalue weighted by Crippen LogP contribution is 2.16. The van der Waals surface area contributed by atoms with Crippen molar-refractivity contribution in [2.75, 3.05) is 17.2 Å². The summed E-state index contributed by atoms with van der Waals surface area (Å²) in [7, 11) is 0. The molecule has 10 nitrogen and oxygen atoms in total. The topological polar surface area (TPSA) is 160 Å². The molecule has 4 N–H and O–H groups in total. The molecule has 0 bridgehead atoms. The number of thiazole rings is 1. The van der Waals surface area contributed by atoms with E-state index in [1.165, 1.54) is 24.6 Å². The number of carbonyl (C=O) groups excluding carboxylic acids is 2. The van der Waals surface area contributed by atoms with Crippen LogP contribution in [0.4, 0.5) is 11.4 Å². The van der Waals surface area contributed by atoms with Crippen molar-refractivity contribution in [1.29, 1.82) is 10.5 Å². The van der Waals surface area contributed by atoms with Crippen LogP contribution in [-0.4, -0.2) is 33.6 Å². The van der Waals surface area contributed by atoms with Gasteiger partial charge in [-0.1, -0.05) is 6.07 Å². The minimum absolute atomic E-state index is 0.190. The summed E-state index contributed by atoms with van der Waals surface area (Å²) in [5, 5.41) is 35.7. The van der Waals surface area contributed by atoms with E-state index >= 15 is 0 Å². The molecule has 0 saturated carbocycles. The fraction of sp³-hybridized carbons (Fsp3) is 0.286.